The smallest absolute Gasteiger partial charge is 0.268 e. The van der Waals surface area contributed by atoms with Crippen LogP contribution in [0.3, 0.4) is 0 Å². The molecule has 0 fully saturated rings. The zero-order chi connectivity index (χ0) is 22.8. The molecule has 0 saturated heterocycles. The number of rotatable bonds is 6. The van der Waals surface area contributed by atoms with E-state index in [-0.39, 0.29) is 23.9 Å². The molecule has 2 N–H and O–H groups in total. The molecule has 5 rings (SSSR count). The second-order valence-electron chi connectivity index (χ2n) is 8.70. The van der Waals surface area contributed by atoms with Gasteiger partial charge in [0.1, 0.15) is 5.69 Å². The highest BCUT2D eigenvalue weighted by Crippen LogP contribution is 2.31. The standard InChI is InChI=1S/C27H29N3O3/c1-2-22(19-9-4-3-5-10-19)28-26(31)21-16-24(30-14-15-33-17-25(21)30)27(32)29-23-13-12-18-8-6-7-11-20(18)23/h3-11,16,22-23H,2,12-15,17H2,1H3,(H,28,31)(H,29,32)/t22-,23?/m1/s1. The number of hydrogen-bond donors (Lipinski definition) is 2. The molecule has 2 amide bonds. The van der Waals surface area contributed by atoms with Crippen LogP contribution in [0.1, 0.15) is 75.1 Å². The highest BCUT2D eigenvalue weighted by molar-refractivity contribution is 6.01. The summed E-state index contributed by atoms with van der Waals surface area (Å²) in [4.78, 5) is 26.6. The van der Waals surface area contributed by atoms with E-state index in [1.54, 1.807) is 6.07 Å². The number of nitrogens with zero attached hydrogens (tertiary/aromatic N) is 1. The number of amides is 2. The number of nitrogens with one attached hydrogen (secondary N) is 2. The maximum atomic E-state index is 13.3. The molecule has 2 aliphatic rings. The minimum atomic E-state index is -0.176. The largest absolute Gasteiger partial charge is 0.373 e. The predicted molar refractivity (Wildman–Crippen MR) is 126 cm³/mol. The van der Waals surface area contributed by atoms with Gasteiger partial charge in [-0.1, -0.05) is 61.5 Å². The Hall–Kier alpha value is -3.38. The van der Waals surface area contributed by atoms with Crippen molar-refractivity contribution in [3.63, 3.8) is 0 Å². The van der Waals surface area contributed by atoms with Gasteiger partial charge in [-0.2, -0.15) is 0 Å². The summed E-state index contributed by atoms with van der Waals surface area (Å²) < 4.78 is 7.59. The van der Waals surface area contributed by atoms with Gasteiger partial charge in [-0.3, -0.25) is 9.59 Å². The van der Waals surface area contributed by atoms with Gasteiger partial charge in [-0.05, 0) is 42.0 Å². The Balaban J connectivity index is 1.39. The molecule has 0 bridgehead atoms. The SMILES string of the molecule is CC[C@@H](NC(=O)c1cc(C(=O)NC2CCc3ccccc32)n2c1COCC2)c1ccccc1. The minimum Gasteiger partial charge on any atom is -0.373 e. The van der Waals surface area contributed by atoms with Crippen molar-refractivity contribution in [2.24, 2.45) is 0 Å². The maximum Gasteiger partial charge on any atom is 0.268 e. The molecule has 0 saturated carbocycles. The van der Waals surface area contributed by atoms with E-state index < -0.39 is 0 Å². The molecule has 33 heavy (non-hydrogen) atoms. The molecule has 2 aromatic carbocycles. The topological polar surface area (TPSA) is 72.4 Å². The number of aryl methyl sites for hydroxylation is 1. The summed E-state index contributed by atoms with van der Waals surface area (Å²) in [5.41, 5.74) is 5.34. The molecule has 1 aromatic heterocycles. The Morgan fingerprint density at radius 1 is 1.09 bits per heavy atom. The average molecular weight is 444 g/mol. The first-order chi connectivity index (χ1) is 16.2. The molecule has 1 aliphatic heterocycles. The fraction of sp³-hybridized carbons (Fsp3) is 0.333. The summed E-state index contributed by atoms with van der Waals surface area (Å²) in [7, 11) is 0. The first-order valence-corrected chi connectivity index (χ1v) is 11.7. The molecule has 1 aliphatic carbocycles. The molecular formula is C27H29N3O3. The van der Waals surface area contributed by atoms with Crippen molar-refractivity contribution in [1.29, 1.82) is 0 Å². The lowest BCUT2D eigenvalue weighted by atomic mass is 10.0. The van der Waals surface area contributed by atoms with Crippen LogP contribution in [0.15, 0.2) is 60.7 Å². The van der Waals surface area contributed by atoms with Crippen molar-refractivity contribution >= 4 is 11.8 Å². The van der Waals surface area contributed by atoms with Crippen LogP contribution in [0.25, 0.3) is 0 Å². The Morgan fingerprint density at radius 3 is 2.70 bits per heavy atom. The van der Waals surface area contributed by atoms with E-state index >= 15 is 0 Å². The lowest BCUT2D eigenvalue weighted by Gasteiger charge is -2.21. The predicted octanol–water partition coefficient (Wildman–Crippen LogP) is 4.32. The molecule has 6 nitrogen and oxygen atoms in total. The summed E-state index contributed by atoms with van der Waals surface area (Å²) in [5.74, 6) is -0.320. The molecule has 2 heterocycles. The first kappa shape index (κ1) is 21.5. The maximum absolute atomic E-state index is 13.3. The van der Waals surface area contributed by atoms with Crippen molar-refractivity contribution in [2.45, 2.75) is 51.4 Å². The number of benzene rings is 2. The summed E-state index contributed by atoms with van der Waals surface area (Å²) in [6.07, 6.45) is 2.63. The number of carbonyl (C=O) groups excluding carboxylic acids is 2. The molecule has 6 heteroatoms. The van der Waals surface area contributed by atoms with E-state index in [0.29, 0.717) is 31.0 Å². The van der Waals surface area contributed by atoms with Gasteiger partial charge >= 0.3 is 0 Å². The lowest BCUT2D eigenvalue weighted by Crippen LogP contribution is -2.31. The Bertz CT molecular complexity index is 1130. The van der Waals surface area contributed by atoms with Gasteiger partial charge in [-0.25, -0.2) is 0 Å². The molecule has 170 valence electrons. The minimum absolute atomic E-state index is 0.000445. The third-order valence-corrected chi connectivity index (χ3v) is 6.74. The van der Waals surface area contributed by atoms with Crippen LogP contribution in [0.2, 0.25) is 0 Å². The second-order valence-corrected chi connectivity index (χ2v) is 8.70. The van der Waals surface area contributed by atoms with E-state index in [1.165, 1.54) is 11.1 Å². The van der Waals surface area contributed by atoms with Gasteiger partial charge in [0, 0.05) is 6.54 Å². The third kappa shape index (κ3) is 4.18. The summed E-state index contributed by atoms with van der Waals surface area (Å²) in [6, 6.07) is 19.8. The van der Waals surface area contributed by atoms with Crippen molar-refractivity contribution in [3.8, 4) is 0 Å². The van der Waals surface area contributed by atoms with Crippen LogP contribution in [-0.2, 0) is 24.3 Å². The highest BCUT2D eigenvalue weighted by Gasteiger charge is 2.29. The van der Waals surface area contributed by atoms with Gasteiger partial charge < -0.3 is 19.9 Å². The fourth-order valence-corrected chi connectivity index (χ4v) is 4.99. The number of fused-ring (bicyclic) bond motifs is 2. The summed E-state index contributed by atoms with van der Waals surface area (Å²) in [6.45, 7) is 3.46. The molecule has 1 unspecified atom stereocenters. The van der Waals surface area contributed by atoms with Crippen molar-refractivity contribution in [3.05, 3.63) is 94.3 Å². The number of hydrogen-bond acceptors (Lipinski definition) is 3. The number of carbonyl (C=O) groups is 2. The zero-order valence-corrected chi connectivity index (χ0v) is 18.8. The summed E-state index contributed by atoms with van der Waals surface area (Å²) in [5, 5.41) is 6.35. The second kappa shape index (κ2) is 9.24. The van der Waals surface area contributed by atoms with Crippen LogP contribution >= 0.6 is 0 Å². The Kier molecular flexibility index (Phi) is 6.01. The fourth-order valence-electron chi connectivity index (χ4n) is 4.99. The van der Waals surface area contributed by atoms with Gasteiger partial charge in [-0.15, -0.1) is 0 Å². The monoisotopic (exact) mass is 443 g/mol. The quantitative estimate of drug-likeness (QED) is 0.596. The lowest BCUT2D eigenvalue weighted by molar-refractivity contribution is 0.0773. The van der Waals surface area contributed by atoms with Crippen LogP contribution in [-0.4, -0.2) is 23.0 Å². The van der Waals surface area contributed by atoms with Crippen molar-refractivity contribution in [2.75, 3.05) is 6.61 Å². The average Bonchev–Trinajstić information content (AvgIpc) is 3.45. The van der Waals surface area contributed by atoms with Gasteiger partial charge in [0.2, 0.25) is 0 Å². The molecule has 2 atom stereocenters. The van der Waals surface area contributed by atoms with E-state index in [9.17, 15) is 9.59 Å². The Morgan fingerprint density at radius 2 is 1.88 bits per heavy atom. The van der Waals surface area contributed by atoms with Gasteiger partial charge in [0.25, 0.3) is 11.8 Å². The Labute approximate surface area is 194 Å². The van der Waals surface area contributed by atoms with Crippen molar-refractivity contribution < 1.29 is 14.3 Å². The number of aromatic nitrogens is 1. The molecular weight excluding hydrogens is 414 g/mol. The molecule has 0 radical (unpaired) electrons. The molecule has 3 aromatic rings. The van der Waals surface area contributed by atoms with E-state index in [2.05, 4.69) is 29.7 Å². The van der Waals surface area contributed by atoms with Crippen LogP contribution in [0.5, 0.6) is 0 Å². The third-order valence-electron chi connectivity index (χ3n) is 6.74. The van der Waals surface area contributed by atoms with E-state index in [4.69, 9.17) is 4.74 Å². The van der Waals surface area contributed by atoms with Crippen LogP contribution in [0.4, 0.5) is 0 Å². The van der Waals surface area contributed by atoms with E-state index in [0.717, 1.165) is 30.5 Å². The van der Waals surface area contributed by atoms with Crippen LogP contribution in [0, 0.1) is 0 Å². The van der Waals surface area contributed by atoms with E-state index in [1.807, 2.05) is 47.0 Å². The zero-order valence-electron chi connectivity index (χ0n) is 18.8. The van der Waals surface area contributed by atoms with Crippen molar-refractivity contribution in [1.82, 2.24) is 15.2 Å². The van der Waals surface area contributed by atoms with Gasteiger partial charge in [0.15, 0.2) is 0 Å². The molecule has 0 spiro atoms. The van der Waals surface area contributed by atoms with Crippen LogP contribution < -0.4 is 10.6 Å². The number of ether oxygens (including phenoxy) is 1. The summed E-state index contributed by atoms with van der Waals surface area (Å²) >= 11 is 0. The highest BCUT2D eigenvalue weighted by atomic mass is 16.5. The first-order valence-electron chi connectivity index (χ1n) is 11.7. The van der Waals surface area contributed by atoms with Gasteiger partial charge in [0.05, 0.1) is 36.6 Å². The normalized spacial score (nSPS) is 17.7.